The van der Waals surface area contributed by atoms with Crippen molar-refractivity contribution in [1.29, 1.82) is 0 Å². The highest BCUT2D eigenvalue weighted by atomic mass is 14.6. The summed E-state index contributed by atoms with van der Waals surface area (Å²) in [5.41, 5.74) is 7.20. The number of aryl methyl sites for hydroxylation is 1. The van der Waals surface area contributed by atoms with Crippen LogP contribution in [0.2, 0.25) is 0 Å². The Hall–Kier alpha value is -3.41. The van der Waals surface area contributed by atoms with Crippen LogP contribution in [0.15, 0.2) is 79.1 Å². The maximum atomic E-state index is 4.03. The van der Waals surface area contributed by atoms with Crippen molar-refractivity contribution in [3.05, 3.63) is 101 Å². The smallest absolute Gasteiger partial charge is 0.0280 e. The van der Waals surface area contributed by atoms with Crippen LogP contribution >= 0.6 is 0 Å². The fourth-order valence-corrected chi connectivity index (χ4v) is 3.27. The van der Waals surface area contributed by atoms with E-state index in [1.54, 1.807) is 12.4 Å². The van der Waals surface area contributed by atoms with Crippen molar-refractivity contribution in [2.45, 2.75) is 13.8 Å². The molecule has 3 aromatic carbocycles. The lowest BCUT2D eigenvalue weighted by Gasteiger charge is -2.13. The third-order valence-corrected chi connectivity index (χ3v) is 4.84. The van der Waals surface area contributed by atoms with Gasteiger partial charge in [0.05, 0.1) is 0 Å². The molecule has 0 aliphatic heterocycles. The Balaban J connectivity index is 0.00000210. The third-order valence-electron chi connectivity index (χ3n) is 4.84. The van der Waals surface area contributed by atoms with Gasteiger partial charge in [-0.2, -0.15) is 0 Å². The van der Waals surface area contributed by atoms with E-state index in [-0.39, 0.29) is 6.15 Å². The molecule has 0 radical (unpaired) electrons. The molecule has 0 aliphatic rings. The molecule has 132 valence electrons. The predicted molar refractivity (Wildman–Crippen MR) is 114 cm³/mol. The number of pyridine rings is 1. The normalized spacial score (nSPS) is 10.0. The molecule has 27 heavy (non-hydrogen) atoms. The van der Waals surface area contributed by atoms with Crippen LogP contribution in [0.3, 0.4) is 0 Å². The summed E-state index contributed by atoms with van der Waals surface area (Å²) in [6.07, 6.45) is 3.53. The summed E-state index contributed by atoms with van der Waals surface area (Å²) in [4.78, 5) is 4.03. The maximum Gasteiger partial charge on any atom is 0.0280 e. The van der Waals surface area contributed by atoms with Crippen molar-refractivity contribution < 1.29 is 0 Å². The molecule has 0 atom stereocenters. The molecule has 0 unspecified atom stereocenters. The van der Waals surface area contributed by atoms with Crippen molar-refractivity contribution in [2.24, 2.45) is 0 Å². The van der Waals surface area contributed by atoms with E-state index in [1.807, 2.05) is 12.1 Å². The number of hydrogen-bond donors (Lipinski definition) is 1. The first kappa shape index (κ1) is 18.4. The van der Waals surface area contributed by atoms with Gasteiger partial charge in [0, 0.05) is 23.5 Å². The number of aromatic nitrogens is 1. The number of nitrogens with zero attached hydrogens (tertiary/aromatic N) is 1. The molecule has 1 heterocycles. The Morgan fingerprint density at radius 1 is 0.704 bits per heavy atom. The molecule has 2 heteroatoms. The van der Waals surface area contributed by atoms with E-state index in [4.69, 9.17) is 0 Å². The molecular weight excluding hydrogens is 328 g/mol. The zero-order valence-corrected chi connectivity index (χ0v) is 15.7. The zero-order valence-electron chi connectivity index (χ0n) is 15.7. The van der Waals surface area contributed by atoms with Gasteiger partial charge in [0.25, 0.3) is 0 Å². The second-order valence-electron chi connectivity index (χ2n) is 6.46. The lowest BCUT2D eigenvalue weighted by molar-refractivity contribution is 1.32. The van der Waals surface area contributed by atoms with Crippen molar-refractivity contribution >= 4 is 10.8 Å². The van der Waals surface area contributed by atoms with Gasteiger partial charge < -0.3 is 6.15 Å². The van der Waals surface area contributed by atoms with E-state index in [0.29, 0.717) is 0 Å². The van der Waals surface area contributed by atoms with Gasteiger partial charge in [-0.25, -0.2) is 0 Å². The minimum atomic E-state index is 0. The van der Waals surface area contributed by atoms with E-state index in [9.17, 15) is 0 Å². The van der Waals surface area contributed by atoms with Gasteiger partial charge in [-0.1, -0.05) is 48.2 Å². The van der Waals surface area contributed by atoms with Crippen LogP contribution in [0.25, 0.3) is 21.9 Å². The summed E-state index contributed by atoms with van der Waals surface area (Å²) in [7, 11) is 0. The molecule has 1 aromatic heterocycles. The van der Waals surface area contributed by atoms with Crippen molar-refractivity contribution in [1.82, 2.24) is 11.1 Å². The van der Waals surface area contributed by atoms with Gasteiger partial charge in [0.2, 0.25) is 0 Å². The first-order valence-electron chi connectivity index (χ1n) is 8.74. The fraction of sp³-hybridized carbons (Fsp3) is 0.0800. The van der Waals surface area contributed by atoms with E-state index in [2.05, 4.69) is 85.3 Å². The van der Waals surface area contributed by atoms with E-state index in [1.165, 1.54) is 33.0 Å². The van der Waals surface area contributed by atoms with Gasteiger partial charge in [-0.3, -0.25) is 4.98 Å². The molecule has 3 N–H and O–H groups in total. The van der Waals surface area contributed by atoms with Crippen LogP contribution in [0.5, 0.6) is 0 Å². The number of benzene rings is 3. The molecule has 4 aromatic rings. The molecule has 0 fully saturated rings. The Labute approximate surface area is 160 Å². The van der Waals surface area contributed by atoms with Crippen LogP contribution < -0.4 is 6.15 Å². The van der Waals surface area contributed by atoms with Crippen molar-refractivity contribution in [3.8, 4) is 23.0 Å². The summed E-state index contributed by atoms with van der Waals surface area (Å²) in [5.74, 6) is 6.48. The first-order chi connectivity index (χ1) is 12.7. The van der Waals surface area contributed by atoms with Gasteiger partial charge in [-0.05, 0) is 77.2 Å². The molecule has 0 saturated heterocycles. The van der Waals surface area contributed by atoms with Gasteiger partial charge in [-0.15, -0.1) is 0 Å². The summed E-state index contributed by atoms with van der Waals surface area (Å²) < 4.78 is 0. The highest BCUT2D eigenvalue weighted by Crippen LogP contribution is 2.32. The second kappa shape index (κ2) is 7.86. The lowest BCUT2D eigenvalue weighted by Crippen LogP contribution is -1.91. The monoisotopic (exact) mass is 350 g/mol. The Morgan fingerprint density at radius 3 is 2.15 bits per heavy atom. The van der Waals surface area contributed by atoms with Crippen LogP contribution in [0.4, 0.5) is 0 Å². The Bertz CT molecular complexity index is 1140. The summed E-state index contributed by atoms with van der Waals surface area (Å²) in [6, 6.07) is 23.2. The summed E-state index contributed by atoms with van der Waals surface area (Å²) in [6.45, 7) is 4.40. The van der Waals surface area contributed by atoms with E-state index < -0.39 is 0 Å². The predicted octanol–water partition coefficient (Wildman–Crippen LogP) is 6.08. The number of rotatable bonds is 1. The Morgan fingerprint density at radius 2 is 1.41 bits per heavy atom. The number of hydrogen-bond acceptors (Lipinski definition) is 2. The second-order valence-corrected chi connectivity index (χ2v) is 6.46. The minimum absolute atomic E-state index is 0. The third kappa shape index (κ3) is 3.74. The first-order valence-corrected chi connectivity index (χ1v) is 8.74. The fourth-order valence-electron chi connectivity index (χ4n) is 3.27. The minimum Gasteiger partial charge on any atom is -0.344 e. The number of fused-ring (bicyclic) bond motifs is 1. The van der Waals surface area contributed by atoms with E-state index in [0.717, 1.165) is 11.1 Å². The zero-order chi connectivity index (χ0) is 17.9. The van der Waals surface area contributed by atoms with Gasteiger partial charge >= 0.3 is 0 Å². The largest absolute Gasteiger partial charge is 0.344 e. The standard InChI is InChI=1S/C25H19N.H3N/c1-18-19(2)25(22-6-4-3-5-7-22)17-23-16-21(10-11-24(18)23)9-8-20-12-14-26-15-13-20;/h3-7,10-17H,1-2H3;1H3. The molecule has 0 spiro atoms. The Kier molecular flexibility index (Phi) is 5.35. The van der Waals surface area contributed by atoms with Crippen LogP contribution in [-0.2, 0) is 0 Å². The van der Waals surface area contributed by atoms with Crippen LogP contribution in [-0.4, -0.2) is 4.98 Å². The van der Waals surface area contributed by atoms with Crippen LogP contribution in [0, 0.1) is 25.7 Å². The highest BCUT2D eigenvalue weighted by Gasteiger charge is 2.08. The molecule has 0 aliphatic carbocycles. The topological polar surface area (TPSA) is 47.9 Å². The van der Waals surface area contributed by atoms with Crippen molar-refractivity contribution in [3.63, 3.8) is 0 Å². The maximum absolute atomic E-state index is 4.03. The molecule has 0 amide bonds. The molecule has 4 rings (SSSR count). The highest BCUT2D eigenvalue weighted by molar-refractivity contribution is 5.93. The SMILES string of the molecule is Cc1c(-c2ccccc2)cc2cc(C#Cc3ccncc3)ccc2c1C.N. The quantitative estimate of drug-likeness (QED) is 0.423. The summed E-state index contributed by atoms with van der Waals surface area (Å²) >= 11 is 0. The molecule has 0 saturated carbocycles. The van der Waals surface area contributed by atoms with E-state index >= 15 is 0 Å². The lowest BCUT2D eigenvalue weighted by atomic mass is 9.91. The molecular formula is C25H22N2. The average molecular weight is 350 g/mol. The summed E-state index contributed by atoms with van der Waals surface area (Å²) in [5, 5.41) is 2.52. The van der Waals surface area contributed by atoms with Gasteiger partial charge in [0.15, 0.2) is 0 Å². The van der Waals surface area contributed by atoms with Crippen LogP contribution in [0.1, 0.15) is 22.3 Å². The molecule has 0 bridgehead atoms. The van der Waals surface area contributed by atoms with Crippen molar-refractivity contribution in [2.75, 3.05) is 0 Å². The van der Waals surface area contributed by atoms with Gasteiger partial charge in [0.1, 0.15) is 0 Å². The molecule has 2 nitrogen and oxygen atoms in total. The average Bonchev–Trinajstić information content (AvgIpc) is 2.70.